The van der Waals surface area contributed by atoms with Gasteiger partial charge in [0.15, 0.2) is 0 Å². The molecule has 1 saturated heterocycles. The van der Waals surface area contributed by atoms with Crippen molar-refractivity contribution in [1.82, 2.24) is 0 Å². The second-order valence-electron chi connectivity index (χ2n) is 7.24. The van der Waals surface area contributed by atoms with E-state index in [4.69, 9.17) is 9.47 Å². The molecule has 144 valence electrons. The minimum Gasteiger partial charge on any atom is -0.491 e. The van der Waals surface area contributed by atoms with Gasteiger partial charge in [0.2, 0.25) is 0 Å². The second kappa shape index (κ2) is 13.6. The van der Waals surface area contributed by atoms with Crippen molar-refractivity contribution in [3.05, 3.63) is 48.1 Å². The van der Waals surface area contributed by atoms with Gasteiger partial charge in [-0.1, -0.05) is 94.7 Å². The summed E-state index contributed by atoms with van der Waals surface area (Å²) in [6.45, 7) is 3.77. The molecule has 1 aliphatic heterocycles. The molecule has 0 spiro atoms. The molecule has 1 aliphatic rings. The van der Waals surface area contributed by atoms with Gasteiger partial charge in [0, 0.05) is 0 Å². The van der Waals surface area contributed by atoms with E-state index in [1.54, 1.807) is 0 Å². The number of benzene rings is 1. The van der Waals surface area contributed by atoms with Gasteiger partial charge in [0.1, 0.15) is 18.5 Å². The first-order valence-electron chi connectivity index (χ1n) is 10.6. The van der Waals surface area contributed by atoms with E-state index in [9.17, 15) is 0 Å². The highest BCUT2D eigenvalue weighted by Crippen LogP contribution is 2.17. The summed E-state index contributed by atoms with van der Waals surface area (Å²) in [5.41, 5.74) is 1.17. The lowest BCUT2D eigenvalue weighted by Gasteiger charge is -2.04. The van der Waals surface area contributed by atoms with Gasteiger partial charge < -0.3 is 9.47 Å². The largest absolute Gasteiger partial charge is 0.491 e. The van der Waals surface area contributed by atoms with E-state index in [1.165, 1.54) is 69.8 Å². The predicted octanol–water partition coefficient (Wildman–Crippen LogP) is 6.95. The van der Waals surface area contributed by atoms with E-state index in [1.807, 2.05) is 12.1 Å². The quantitative estimate of drug-likeness (QED) is 0.192. The van der Waals surface area contributed by atoms with E-state index < -0.39 is 0 Å². The molecule has 1 fully saturated rings. The van der Waals surface area contributed by atoms with Gasteiger partial charge in [-0.3, -0.25) is 0 Å². The number of rotatable bonds is 15. The average molecular weight is 357 g/mol. The smallest absolute Gasteiger partial charge is 0.120 e. The average Bonchev–Trinajstić information content (AvgIpc) is 3.49. The molecule has 0 N–H and O–H groups in total. The molecule has 2 nitrogen and oxygen atoms in total. The van der Waals surface area contributed by atoms with Crippen LogP contribution in [0.5, 0.6) is 5.75 Å². The summed E-state index contributed by atoms with van der Waals surface area (Å²) in [6.07, 6.45) is 22.7. The third kappa shape index (κ3) is 10.5. The van der Waals surface area contributed by atoms with Crippen molar-refractivity contribution in [3.63, 3.8) is 0 Å². The number of hydrogen-bond acceptors (Lipinski definition) is 2. The first-order chi connectivity index (χ1) is 12.9. The normalized spacial score (nSPS) is 16.6. The summed E-state index contributed by atoms with van der Waals surface area (Å²) >= 11 is 0. The predicted molar refractivity (Wildman–Crippen MR) is 112 cm³/mol. The maximum atomic E-state index is 5.71. The second-order valence-corrected chi connectivity index (χ2v) is 7.24. The van der Waals surface area contributed by atoms with E-state index in [-0.39, 0.29) is 0 Å². The van der Waals surface area contributed by atoms with Crippen LogP contribution in [0, 0.1) is 0 Å². The van der Waals surface area contributed by atoms with Crippen molar-refractivity contribution in [2.45, 2.75) is 77.2 Å². The van der Waals surface area contributed by atoms with E-state index in [0.717, 1.165) is 12.4 Å². The zero-order chi connectivity index (χ0) is 18.3. The lowest BCUT2D eigenvalue weighted by molar-refractivity contribution is 0.263. The van der Waals surface area contributed by atoms with Crippen LogP contribution in [-0.4, -0.2) is 19.3 Å². The first-order valence-corrected chi connectivity index (χ1v) is 10.6. The summed E-state index contributed by atoms with van der Waals surface area (Å²) in [7, 11) is 0. The fraction of sp³-hybridized carbons (Fsp3) is 0.583. The van der Waals surface area contributed by atoms with Crippen molar-refractivity contribution in [1.29, 1.82) is 0 Å². The molecule has 2 heteroatoms. The van der Waals surface area contributed by atoms with Crippen LogP contribution < -0.4 is 4.74 Å². The van der Waals surface area contributed by atoms with Crippen LogP contribution in [0.1, 0.15) is 76.7 Å². The molecular weight excluding hydrogens is 320 g/mol. The van der Waals surface area contributed by atoms with Crippen molar-refractivity contribution in [2.24, 2.45) is 0 Å². The van der Waals surface area contributed by atoms with E-state index >= 15 is 0 Å². The monoisotopic (exact) mass is 356 g/mol. The zero-order valence-electron chi connectivity index (χ0n) is 16.5. The Labute approximate surface area is 160 Å². The first kappa shape index (κ1) is 20.8. The molecule has 1 aromatic carbocycles. The van der Waals surface area contributed by atoms with Crippen LogP contribution in [0.2, 0.25) is 0 Å². The van der Waals surface area contributed by atoms with Gasteiger partial charge >= 0.3 is 0 Å². The third-order valence-corrected chi connectivity index (χ3v) is 4.71. The Kier molecular flexibility index (Phi) is 10.9. The standard InChI is InChI=1S/C24H36O2/c1-2-3-4-5-6-7-8-9-10-11-12-13-14-16-22-17-15-18-23(19-22)25-20-24-21-26-24/h12-19,24H,2-11,20-21H2,1H3/b13-12+,16-14+. The van der Waals surface area contributed by atoms with Gasteiger partial charge in [0.25, 0.3) is 0 Å². The maximum absolute atomic E-state index is 5.71. The molecule has 1 unspecified atom stereocenters. The van der Waals surface area contributed by atoms with Gasteiger partial charge in [-0.25, -0.2) is 0 Å². The molecular formula is C24H36O2. The van der Waals surface area contributed by atoms with E-state index in [0.29, 0.717) is 12.7 Å². The van der Waals surface area contributed by atoms with Crippen molar-refractivity contribution < 1.29 is 9.47 Å². The maximum Gasteiger partial charge on any atom is 0.120 e. The van der Waals surface area contributed by atoms with Crippen molar-refractivity contribution >= 4 is 6.08 Å². The Balaban J connectivity index is 1.49. The highest BCUT2D eigenvalue weighted by molar-refractivity contribution is 5.53. The van der Waals surface area contributed by atoms with Gasteiger partial charge in [-0.15, -0.1) is 0 Å². The number of hydrogen-bond donors (Lipinski definition) is 0. The molecule has 26 heavy (non-hydrogen) atoms. The van der Waals surface area contributed by atoms with Gasteiger partial charge in [-0.2, -0.15) is 0 Å². The van der Waals surface area contributed by atoms with Gasteiger partial charge in [-0.05, 0) is 30.5 Å². The van der Waals surface area contributed by atoms with Gasteiger partial charge in [0.05, 0.1) is 6.61 Å². The summed E-state index contributed by atoms with van der Waals surface area (Å²) in [4.78, 5) is 0. The number of epoxide rings is 1. The Morgan fingerprint density at radius 1 is 1.00 bits per heavy atom. The van der Waals surface area contributed by atoms with Crippen LogP contribution in [-0.2, 0) is 4.74 Å². The molecule has 0 aromatic heterocycles. The highest BCUT2D eigenvalue weighted by Gasteiger charge is 2.22. The summed E-state index contributed by atoms with van der Waals surface area (Å²) in [5, 5.41) is 0. The number of allylic oxidation sites excluding steroid dienone is 3. The minimum absolute atomic E-state index is 0.304. The summed E-state index contributed by atoms with van der Waals surface area (Å²) < 4.78 is 10.9. The minimum atomic E-state index is 0.304. The van der Waals surface area contributed by atoms with E-state index in [2.05, 4.69) is 43.4 Å². The van der Waals surface area contributed by atoms with Crippen LogP contribution >= 0.6 is 0 Å². The number of unbranched alkanes of at least 4 members (excludes halogenated alkanes) is 9. The fourth-order valence-electron chi connectivity index (χ4n) is 2.98. The summed E-state index contributed by atoms with van der Waals surface area (Å²) in [5.74, 6) is 0.918. The molecule has 1 atom stereocenters. The lowest BCUT2D eigenvalue weighted by Crippen LogP contribution is -2.03. The van der Waals surface area contributed by atoms with Crippen LogP contribution in [0.25, 0.3) is 6.08 Å². The molecule has 0 aliphatic carbocycles. The van der Waals surface area contributed by atoms with Crippen LogP contribution in [0.15, 0.2) is 42.5 Å². The third-order valence-electron chi connectivity index (χ3n) is 4.71. The van der Waals surface area contributed by atoms with Crippen LogP contribution in [0.3, 0.4) is 0 Å². The van der Waals surface area contributed by atoms with Crippen molar-refractivity contribution in [3.8, 4) is 5.75 Å². The SMILES string of the molecule is CCCCCCCCCCC/C=C/C=C/c1cccc(OCC2CO2)c1. The Bertz CT molecular complexity index is 529. The topological polar surface area (TPSA) is 21.8 Å². The van der Waals surface area contributed by atoms with Crippen molar-refractivity contribution in [2.75, 3.05) is 13.2 Å². The molecule has 0 saturated carbocycles. The van der Waals surface area contributed by atoms with Crippen LogP contribution in [0.4, 0.5) is 0 Å². The Hall–Kier alpha value is -1.54. The molecule has 0 radical (unpaired) electrons. The molecule has 0 bridgehead atoms. The summed E-state index contributed by atoms with van der Waals surface area (Å²) in [6, 6.07) is 8.21. The number of ether oxygens (including phenoxy) is 2. The highest BCUT2D eigenvalue weighted by atomic mass is 16.6. The lowest BCUT2D eigenvalue weighted by atomic mass is 10.1. The fourth-order valence-corrected chi connectivity index (χ4v) is 2.98. The zero-order valence-corrected chi connectivity index (χ0v) is 16.5. The molecule has 0 amide bonds. The molecule has 1 aromatic rings. The Morgan fingerprint density at radius 3 is 2.46 bits per heavy atom. The Morgan fingerprint density at radius 2 is 1.73 bits per heavy atom. The molecule has 1 heterocycles. The molecule has 2 rings (SSSR count).